The summed E-state index contributed by atoms with van der Waals surface area (Å²) in [5.74, 6) is -0.392. The number of amides is 2. The second kappa shape index (κ2) is 9.58. The first-order chi connectivity index (χ1) is 17.4. The van der Waals surface area contributed by atoms with Gasteiger partial charge in [-0.2, -0.15) is 13.9 Å². The molecule has 1 aliphatic heterocycles. The maximum Gasteiger partial charge on any atom is 0.387 e. The summed E-state index contributed by atoms with van der Waals surface area (Å²) < 4.78 is 28.9. The average molecular weight is 485 g/mol. The third kappa shape index (κ3) is 4.53. The molecule has 1 N–H and O–H groups in total. The van der Waals surface area contributed by atoms with Crippen molar-refractivity contribution in [1.29, 1.82) is 0 Å². The predicted molar refractivity (Wildman–Crippen MR) is 134 cm³/mol. The van der Waals surface area contributed by atoms with Crippen molar-refractivity contribution < 1.29 is 23.1 Å². The highest BCUT2D eigenvalue weighted by molar-refractivity contribution is 6.24. The third-order valence-corrected chi connectivity index (χ3v) is 6.03. The minimum Gasteiger partial charge on any atom is -0.435 e. The standard InChI is InChI=1S/C28H21F2N3O3/c1-17(19-12-14-22(15-13-19)36-28(29)30)31-32-26(34)21-10-8-18(9-11-21)16-33-24-7-3-5-20-4-2-6-23(25(20)24)27(33)35/h2-15,28H,16H2,1H3,(H,32,34). The number of hydrogen-bond acceptors (Lipinski definition) is 4. The van der Waals surface area contributed by atoms with Crippen molar-refractivity contribution in [2.45, 2.75) is 20.1 Å². The van der Waals surface area contributed by atoms with Gasteiger partial charge in [0.1, 0.15) is 5.75 Å². The van der Waals surface area contributed by atoms with Crippen LogP contribution in [0.1, 0.15) is 38.8 Å². The molecule has 0 saturated carbocycles. The molecular formula is C28H21F2N3O3. The Balaban J connectivity index is 1.24. The molecule has 0 unspecified atom stereocenters. The molecule has 8 heteroatoms. The van der Waals surface area contributed by atoms with E-state index >= 15 is 0 Å². The summed E-state index contributed by atoms with van der Waals surface area (Å²) in [6, 6.07) is 24.6. The first-order valence-corrected chi connectivity index (χ1v) is 11.2. The number of carbonyl (C=O) groups is 2. The number of rotatable bonds is 7. The van der Waals surface area contributed by atoms with Gasteiger partial charge in [-0.05, 0) is 72.0 Å². The highest BCUT2D eigenvalue weighted by Crippen LogP contribution is 2.37. The van der Waals surface area contributed by atoms with E-state index in [9.17, 15) is 18.4 Å². The lowest BCUT2D eigenvalue weighted by atomic mass is 10.1. The molecule has 180 valence electrons. The van der Waals surface area contributed by atoms with Gasteiger partial charge in [-0.15, -0.1) is 0 Å². The number of hydrazone groups is 1. The smallest absolute Gasteiger partial charge is 0.387 e. The van der Waals surface area contributed by atoms with E-state index in [1.54, 1.807) is 36.1 Å². The SMILES string of the molecule is CC(=NNC(=O)c1ccc(CN2C(=O)c3cccc4cccc2c34)cc1)c1ccc(OC(F)F)cc1. The van der Waals surface area contributed by atoms with Crippen LogP contribution in [0.3, 0.4) is 0 Å². The first-order valence-electron chi connectivity index (χ1n) is 11.2. The van der Waals surface area contributed by atoms with Gasteiger partial charge in [-0.1, -0.05) is 36.4 Å². The van der Waals surface area contributed by atoms with E-state index in [-0.39, 0.29) is 11.7 Å². The van der Waals surface area contributed by atoms with Crippen LogP contribution in [0.25, 0.3) is 10.8 Å². The highest BCUT2D eigenvalue weighted by atomic mass is 19.3. The molecule has 4 aromatic carbocycles. The summed E-state index contributed by atoms with van der Waals surface area (Å²) in [5, 5.41) is 6.09. The first kappa shape index (κ1) is 23.2. The van der Waals surface area contributed by atoms with Gasteiger partial charge in [0.2, 0.25) is 0 Å². The molecule has 0 saturated heterocycles. The van der Waals surface area contributed by atoms with Gasteiger partial charge in [0.15, 0.2) is 0 Å². The number of benzene rings is 4. The van der Waals surface area contributed by atoms with Crippen LogP contribution in [0.5, 0.6) is 5.75 Å². The summed E-state index contributed by atoms with van der Waals surface area (Å²) in [6.45, 7) is -0.813. The highest BCUT2D eigenvalue weighted by Gasteiger charge is 2.29. The molecule has 6 nitrogen and oxygen atoms in total. The lowest BCUT2D eigenvalue weighted by molar-refractivity contribution is -0.0498. The molecule has 0 atom stereocenters. The molecule has 1 aliphatic rings. The van der Waals surface area contributed by atoms with Gasteiger partial charge in [-0.25, -0.2) is 5.43 Å². The fourth-order valence-electron chi connectivity index (χ4n) is 4.22. The Hall–Kier alpha value is -4.59. The Labute approximate surface area is 205 Å². The topological polar surface area (TPSA) is 71.0 Å². The molecular weight excluding hydrogens is 464 g/mol. The van der Waals surface area contributed by atoms with Gasteiger partial charge in [0.05, 0.1) is 17.9 Å². The molecule has 4 aromatic rings. The lowest BCUT2D eigenvalue weighted by Crippen LogP contribution is -2.26. The Kier molecular flexibility index (Phi) is 6.16. The van der Waals surface area contributed by atoms with E-state index in [0.717, 1.165) is 22.0 Å². The van der Waals surface area contributed by atoms with Crippen molar-refractivity contribution >= 4 is 34.0 Å². The number of nitrogens with one attached hydrogen (secondary N) is 1. The number of alkyl halides is 2. The normalized spacial score (nSPS) is 12.9. The Morgan fingerprint density at radius 2 is 1.61 bits per heavy atom. The van der Waals surface area contributed by atoms with Crippen molar-refractivity contribution in [3.63, 3.8) is 0 Å². The van der Waals surface area contributed by atoms with Crippen molar-refractivity contribution in [3.8, 4) is 5.75 Å². The zero-order chi connectivity index (χ0) is 25.2. The van der Waals surface area contributed by atoms with E-state index in [2.05, 4.69) is 15.3 Å². The van der Waals surface area contributed by atoms with Crippen molar-refractivity contribution in [1.82, 2.24) is 5.43 Å². The summed E-state index contributed by atoms with van der Waals surface area (Å²) in [4.78, 5) is 27.3. The molecule has 2 amide bonds. The predicted octanol–water partition coefficient (Wildman–Crippen LogP) is 5.76. The van der Waals surface area contributed by atoms with Gasteiger partial charge in [-0.3, -0.25) is 9.59 Å². The quantitative estimate of drug-likeness (QED) is 0.267. The maximum atomic E-state index is 13.0. The monoisotopic (exact) mass is 485 g/mol. The van der Waals surface area contributed by atoms with Crippen LogP contribution in [-0.2, 0) is 6.54 Å². The van der Waals surface area contributed by atoms with Gasteiger partial charge >= 0.3 is 6.61 Å². The van der Waals surface area contributed by atoms with Crippen molar-refractivity contribution in [2.24, 2.45) is 5.10 Å². The second-order valence-electron chi connectivity index (χ2n) is 8.31. The molecule has 0 aliphatic carbocycles. The van der Waals surface area contributed by atoms with E-state index in [1.807, 2.05) is 48.5 Å². The molecule has 0 spiro atoms. The van der Waals surface area contributed by atoms with Gasteiger partial charge in [0.25, 0.3) is 11.8 Å². The Bertz CT molecular complexity index is 1480. The van der Waals surface area contributed by atoms with E-state index in [0.29, 0.717) is 28.9 Å². The fourth-order valence-corrected chi connectivity index (χ4v) is 4.22. The number of halogens is 2. The average Bonchev–Trinajstić information content (AvgIpc) is 3.15. The summed E-state index contributed by atoms with van der Waals surface area (Å²) in [6.07, 6.45) is 0. The maximum absolute atomic E-state index is 13.0. The molecule has 0 fully saturated rings. The van der Waals surface area contributed by atoms with Crippen LogP contribution in [0.15, 0.2) is 90.0 Å². The summed E-state index contributed by atoms with van der Waals surface area (Å²) in [7, 11) is 0. The lowest BCUT2D eigenvalue weighted by Gasteiger charge is -2.18. The third-order valence-electron chi connectivity index (χ3n) is 6.03. The van der Waals surface area contributed by atoms with Crippen LogP contribution < -0.4 is 15.1 Å². The minimum absolute atomic E-state index is 0.0396. The van der Waals surface area contributed by atoms with Crippen molar-refractivity contribution in [3.05, 3.63) is 107 Å². The minimum atomic E-state index is -2.89. The summed E-state index contributed by atoms with van der Waals surface area (Å²) in [5.41, 5.74) is 6.53. The molecule has 0 aromatic heterocycles. The molecule has 36 heavy (non-hydrogen) atoms. The largest absolute Gasteiger partial charge is 0.435 e. The van der Waals surface area contributed by atoms with E-state index < -0.39 is 12.5 Å². The summed E-state index contributed by atoms with van der Waals surface area (Å²) >= 11 is 0. The van der Waals surface area contributed by atoms with Gasteiger partial charge in [0, 0.05) is 16.5 Å². The molecule has 5 rings (SSSR count). The fraction of sp³-hybridized carbons (Fsp3) is 0.107. The van der Waals surface area contributed by atoms with Crippen LogP contribution in [0.4, 0.5) is 14.5 Å². The van der Waals surface area contributed by atoms with Crippen LogP contribution >= 0.6 is 0 Å². The van der Waals surface area contributed by atoms with Crippen molar-refractivity contribution in [2.75, 3.05) is 4.90 Å². The molecule has 0 radical (unpaired) electrons. The molecule has 1 heterocycles. The van der Waals surface area contributed by atoms with E-state index in [4.69, 9.17) is 0 Å². The van der Waals surface area contributed by atoms with E-state index in [1.165, 1.54) is 12.1 Å². The Morgan fingerprint density at radius 1 is 0.944 bits per heavy atom. The van der Waals surface area contributed by atoms with Crippen LogP contribution in [-0.4, -0.2) is 24.1 Å². The number of carbonyl (C=O) groups excluding carboxylic acids is 2. The van der Waals surface area contributed by atoms with Crippen LogP contribution in [0.2, 0.25) is 0 Å². The number of anilines is 1. The zero-order valence-electron chi connectivity index (χ0n) is 19.2. The van der Waals surface area contributed by atoms with Crippen LogP contribution in [0, 0.1) is 0 Å². The second-order valence-corrected chi connectivity index (χ2v) is 8.31. The van der Waals surface area contributed by atoms with Gasteiger partial charge < -0.3 is 9.64 Å². The zero-order valence-corrected chi connectivity index (χ0v) is 19.2. The number of hydrogen-bond donors (Lipinski definition) is 1. The number of ether oxygens (including phenoxy) is 1. The number of nitrogens with zero attached hydrogens (tertiary/aromatic N) is 2. The Morgan fingerprint density at radius 3 is 2.31 bits per heavy atom. The molecule has 0 bridgehead atoms.